The lowest BCUT2D eigenvalue weighted by Crippen LogP contribution is -2.44. The predicted octanol–water partition coefficient (Wildman–Crippen LogP) is 4.03. The smallest absolute Gasteiger partial charge is 0.475 e. The van der Waals surface area contributed by atoms with Gasteiger partial charge in [0, 0.05) is 55.6 Å². The number of likely N-dealkylation sites (tertiary alicyclic amines) is 1. The van der Waals surface area contributed by atoms with E-state index < -0.39 is 12.1 Å². The largest absolute Gasteiger partial charge is 0.490 e. The molecule has 0 radical (unpaired) electrons. The zero-order valence-electron chi connectivity index (χ0n) is 20.5. The molecular weight excluding hydrogens is 504 g/mol. The third kappa shape index (κ3) is 6.65. The highest BCUT2D eigenvalue weighted by atomic mass is 19.4. The summed E-state index contributed by atoms with van der Waals surface area (Å²) in [6.45, 7) is 4.19. The third-order valence-electron chi connectivity index (χ3n) is 6.78. The second-order valence-electron chi connectivity index (χ2n) is 9.35. The zero-order chi connectivity index (χ0) is 27.3. The summed E-state index contributed by atoms with van der Waals surface area (Å²) in [5.41, 5.74) is 2.58. The number of aliphatic carboxylic acids is 1. The normalized spacial score (nSPS) is 18.1. The number of nitrogens with zero attached hydrogens (tertiary/aromatic N) is 3. The summed E-state index contributed by atoms with van der Waals surface area (Å²) in [5.74, 6) is -2.91. The fourth-order valence-corrected chi connectivity index (χ4v) is 4.96. The Bertz CT molecular complexity index is 1350. The Morgan fingerprint density at radius 3 is 2.53 bits per heavy atom. The number of piperidine rings is 1. The van der Waals surface area contributed by atoms with Crippen LogP contribution in [0.5, 0.6) is 0 Å². The molecule has 1 atom stereocenters. The Balaban J connectivity index is 0.000000426. The molecule has 1 fully saturated rings. The SMILES string of the molecule is O=C(O)C(F)(F)F.O=c1ccc2ccc(F)c3c2n1C[C@H]3CN1CCC(NC/C=C/c2cccnc2)CC1. The Labute approximate surface area is 216 Å². The maximum atomic E-state index is 14.7. The third-order valence-corrected chi connectivity index (χ3v) is 6.78. The van der Waals surface area contributed by atoms with E-state index in [1.807, 2.05) is 18.3 Å². The number of rotatable bonds is 6. The Morgan fingerprint density at radius 1 is 1.16 bits per heavy atom. The lowest BCUT2D eigenvalue weighted by atomic mass is 9.97. The van der Waals surface area contributed by atoms with E-state index in [-0.39, 0.29) is 17.3 Å². The minimum atomic E-state index is -5.08. The van der Waals surface area contributed by atoms with Gasteiger partial charge in [0.1, 0.15) is 5.82 Å². The molecule has 2 aliphatic rings. The molecule has 0 amide bonds. The Kier molecular flexibility index (Phi) is 8.58. The van der Waals surface area contributed by atoms with Crippen molar-refractivity contribution in [2.45, 2.75) is 37.5 Å². The highest BCUT2D eigenvalue weighted by Gasteiger charge is 2.38. The van der Waals surface area contributed by atoms with Crippen LogP contribution >= 0.6 is 0 Å². The highest BCUT2D eigenvalue weighted by molar-refractivity contribution is 5.84. The monoisotopic (exact) mass is 532 g/mol. The van der Waals surface area contributed by atoms with Gasteiger partial charge in [0.25, 0.3) is 5.56 Å². The van der Waals surface area contributed by atoms with Crippen molar-refractivity contribution in [3.05, 3.63) is 82.2 Å². The summed E-state index contributed by atoms with van der Waals surface area (Å²) in [7, 11) is 0. The summed E-state index contributed by atoms with van der Waals surface area (Å²) in [6.07, 6.45) is 4.93. The molecule has 202 valence electrons. The number of carboxylic acids is 1. The first-order valence-corrected chi connectivity index (χ1v) is 12.3. The highest BCUT2D eigenvalue weighted by Crippen LogP contribution is 2.35. The number of alkyl halides is 3. The van der Waals surface area contributed by atoms with Crippen molar-refractivity contribution >= 4 is 22.9 Å². The van der Waals surface area contributed by atoms with Crippen molar-refractivity contribution in [3.63, 3.8) is 0 Å². The number of halogens is 4. The lowest BCUT2D eigenvalue weighted by molar-refractivity contribution is -0.192. The molecule has 2 aromatic heterocycles. The van der Waals surface area contributed by atoms with Crippen LogP contribution in [0, 0.1) is 5.82 Å². The van der Waals surface area contributed by atoms with E-state index in [0.29, 0.717) is 12.6 Å². The number of benzene rings is 1. The molecule has 0 bridgehead atoms. The van der Waals surface area contributed by atoms with Gasteiger partial charge in [-0.25, -0.2) is 9.18 Å². The molecule has 3 aromatic rings. The molecule has 5 rings (SSSR count). The van der Waals surface area contributed by atoms with Gasteiger partial charge in [-0.3, -0.25) is 9.78 Å². The number of hydrogen-bond donors (Lipinski definition) is 2. The molecule has 7 nitrogen and oxygen atoms in total. The quantitative estimate of drug-likeness (QED) is 0.467. The molecule has 0 aliphatic carbocycles. The molecule has 2 aliphatic heterocycles. The first-order chi connectivity index (χ1) is 18.1. The van der Waals surface area contributed by atoms with Gasteiger partial charge in [0.15, 0.2) is 0 Å². The molecule has 1 aromatic carbocycles. The van der Waals surface area contributed by atoms with Crippen LogP contribution < -0.4 is 10.9 Å². The topological polar surface area (TPSA) is 87.5 Å². The number of carbonyl (C=O) groups is 1. The first kappa shape index (κ1) is 27.5. The van der Waals surface area contributed by atoms with Crippen molar-refractivity contribution in [1.82, 2.24) is 19.8 Å². The second-order valence-corrected chi connectivity index (χ2v) is 9.35. The van der Waals surface area contributed by atoms with E-state index in [0.717, 1.165) is 61.1 Å². The van der Waals surface area contributed by atoms with E-state index in [1.165, 1.54) is 0 Å². The van der Waals surface area contributed by atoms with Gasteiger partial charge in [-0.05, 0) is 61.1 Å². The summed E-state index contributed by atoms with van der Waals surface area (Å²) in [4.78, 5) is 27.8. The van der Waals surface area contributed by atoms with Crippen molar-refractivity contribution in [3.8, 4) is 0 Å². The predicted molar refractivity (Wildman–Crippen MR) is 135 cm³/mol. The first-order valence-electron chi connectivity index (χ1n) is 12.3. The van der Waals surface area contributed by atoms with Crippen LogP contribution in [0.25, 0.3) is 17.0 Å². The molecule has 1 saturated heterocycles. The van der Waals surface area contributed by atoms with Crippen LogP contribution in [0.3, 0.4) is 0 Å². The van der Waals surface area contributed by atoms with Crippen molar-refractivity contribution in [2.24, 2.45) is 0 Å². The number of nitrogens with one attached hydrogen (secondary N) is 1. The number of pyridine rings is 2. The molecular formula is C27H28F4N4O3. The maximum absolute atomic E-state index is 14.7. The van der Waals surface area contributed by atoms with Crippen molar-refractivity contribution in [1.29, 1.82) is 0 Å². The van der Waals surface area contributed by atoms with Crippen molar-refractivity contribution < 1.29 is 27.5 Å². The minimum absolute atomic E-state index is 0.0331. The summed E-state index contributed by atoms with van der Waals surface area (Å²) in [5, 5.41) is 11.7. The maximum Gasteiger partial charge on any atom is 0.490 e. The molecule has 11 heteroatoms. The molecule has 0 unspecified atom stereocenters. The van der Waals surface area contributed by atoms with Crippen LogP contribution in [0.1, 0.15) is 29.9 Å². The van der Waals surface area contributed by atoms with E-state index in [2.05, 4.69) is 27.4 Å². The van der Waals surface area contributed by atoms with Gasteiger partial charge in [-0.15, -0.1) is 0 Å². The van der Waals surface area contributed by atoms with Crippen LogP contribution in [-0.4, -0.2) is 63.9 Å². The summed E-state index contributed by atoms with van der Waals surface area (Å²) in [6, 6.07) is 11.2. The van der Waals surface area contributed by atoms with Gasteiger partial charge >= 0.3 is 12.1 Å². The van der Waals surface area contributed by atoms with Crippen molar-refractivity contribution in [2.75, 3.05) is 26.2 Å². The standard InChI is InChI=1S/C25H27FN4O.C2HF3O2/c26-22-7-5-19-6-8-23(31)30-17-20(24(22)25(19)30)16-29-13-9-21(10-14-29)28-12-2-4-18-3-1-11-27-15-18;3-2(4,5)1(6)7/h1-8,11,15,20-21,28H,9-10,12-14,16-17H2;(H,6,7)/b4-2+;/t20-;/m1./s1. The summed E-state index contributed by atoms with van der Waals surface area (Å²) >= 11 is 0. The van der Waals surface area contributed by atoms with Gasteiger partial charge in [0.2, 0.25) is 0 Å². The number of aromatic nitrogens is 2. The molecule has 4 heterocycles. The Morgan fingerprint density at radius 2 is 1.87 bits per heavy atom. The Hall–Kier alpha value is -3.57. The van der Waals surface area contributed by atoms with Gasteiger partial charge in [-0.1, -0.05) is 18.2 Å². The van der Waals surface area contributed by atoms with Crippen LogP contribution in [0.15, 0.2) is 59.7 Å². The second kappa shape index (κ2) is 11.9. The van der Waals surface area contributed by atoms with E-state index >= 15 is 0 Å². The number of hydrogen-bond acceptors (Lipinski definition) is 5. The van der Waals surface area contributed by atoms with E-state index in [9.17, 15) is 22.4 Å². The zero-order valence-corrected chi connectivity index (χ0v) is 20.5. The fraction of sp³-hybridized carbons (Fsp3) is 0.370. The minimum Gasteiger partial charge on any atom is -0.475 e. The van der Waals surface area contributed by atoms with Gasteiger partial charge < -0.3 is 19.9 Å². The average Bonchev–Trinajstić information content (AvgIpc) is 3.28. The van der Waals surface area contributed by atoms with Crippen LogP contribution in [0.4, 0.5) is 17.6 Å². The fourth-order valence-electron chi connectivity index (χ4n) is 4.96. The average molecular weight is 533 g/mol. The van der Waals surface area contributed by atoms with Crippen LogP contribution in [-0.2, 0) is 11.3 Å². The molecule has 38 heavy (non-hydrogen) atoms. The molecule has 0 saturated carbocycles. The molecule has 0 spiro atoms. The van der Waals surface area contributed by atoms with E-state index in [4.69, 9.17) is 9.90 Å². The lowest BCUT2D eigenvalue weighted by Gasteiger charge is -2.34. The summed E-state index contributed by atoms with van der Waals surface area (Å²) < 4.78 is 48.2. The van der Waals surface area contributed by atoms with Gasteiger partial charge in [-0.2, -0.15) is 13.2 Å². The number of carboxylic acid groups (broad SMARTS) is 1. The van der Waals surface area contributed by atoms with E-state index in [1.54, 1.807) is 35.0 Å². The molecule has 2 N–H and O–H groups in total. The van der Waals surface area contributed by atoms with Crippen LogP contribution in [0.2, 0.25) is 0 Å². The van der Waals surface area contributed by atoms with Gasteiger partial charge in [0.05, 0.1) is 5.52 Å².